The molecule has 4 rings (SSSR count). The summed E-state index contributed by atoms with van der Waals surface area (Å²) in [5.74, 6) is -0.0213. The molecule has 3 aromatic carbocycles. The van der Waals surface area contributed by atoms with Gasteiger partial charge in [-0.3, -0.25) is 4.79 Å². The molecule has 1 heterocycles. The molecule has 8 heteroatoms. The van der Waals surface area contributed by atoms with Crippen molar-refractivity contribution in [2.45, 2.75) is 11.3 Å². The highest BCUT2D eigenvalue weighted by Crippen LogP contribution is 2.32. The number of benzene rings is 3. The van der Waals surface area contributed by atoms with Crippen molar-refractivity contribution in [1.29, 1.82) is 0 Å². The molecule has 162 valence electrons. The molecule has 0 aliphatic carbocycles. The van der Waals surface area contributed by atoms with Gasteiger partial charge in [-0.1, -0.05) is 24.3 Å². The van der Waals surface area contributed by atoms with Crippen molar-refractivity contribution < 1.29 is 22.3 Å². The quantitative estimate of drug-likeness (QED) is 0.620. The van der Waals surface area contributed by atoms with E-state index in [0.717, 1.165) is 5.39 Å². The van der Waals surface area contributed by atoms with Gasteiger partial charge in [0.15, 0.2) is 0 Å². The summed E-state index contributed by atoms with van der Waals surface area (Å²) in [5, 5.41) is 1.33. The van der Waals surface area contributed by atoms with Crippen LogP contribution in [-0.4, -0.2) is 56.8 Å². The number of ether oxygens (including phenoxy) is 1. The van der Waals surface area contributed by atoms with Gasteiger partial charge >= 0.3 is 0 Å². The summed E-state index contributed by atoms with van der Waals surface area (Å²) in [6.07, 6.45) is 0.514. The molecule has 1 aliphatic heterocycles. The largest absolute Gasteiger partial charge is 0.496 e. The second-order valence-electron chi connectivity index (χ2n) is 7.37. The molecule has 1 amide bonds. The zero-order chi connectivity index (χ0) is 22.0. The van der Waals surface area contributed by atoms with Crippen molar-refractivity contribution in [3.05, 3.63) is 72.0 Å². The van der Waals surface area contributed by atoms with Gasteiger partial charge in [0.1, 0.15) is 11.6 Å². The summed E-state index contributed by atoms with van der Waals surface area (Å²) in [7, 11) is -2.21. The third-order valence-electron chi connectivity index (χ3n) is 5.52. The Bertz CT molecular complexity index is 1210. The van der Waals surface area contributed by atoms with E-state index < -0.39 is 15.8 Å². The van der Waals surface area contributed by atoms with Gasteiger partial charge in [-0.25, -0.2) is 12.8 Å². The molecule has 0 bridgehead atoms. The number of methoxy groups -OCH3 is 1. The average molecular weight is 443 g/mol. The van der Waals surface area contributed by atoms with E-state index >= 15 is 0 Å². The molecular formula is C23H23FN2O4S. The number of carbonyl (C=O) groups excluding carboxylic acids is 1. The average Bonchev–Trinajstić information content (AvgIpc) is 3.05. The monoisotopic (exact) mass is 442 g/mol. The molecule has 31 heavy (non-hydrogen) atoms. The standard InChI is InChI=1S/C23H23FN2O4S/c1-30-21-11-12-22(20-6-3-2-5-19(20)21)31(28,29)26-14-4-13-25(15-16-26)23(27)17-7-9-18(24)10-8-17/h2-3,5-12H,4,13-16H2,1H3. The minimum Gasteiger partial charge on any atom is -0.496 e. The minimum absolute atomic E-state index is 0.190. The van der Waals surface area contributed by atoms with Crippen molar-refractivity contribution in [1.82, 2.24) is 9.21 Å². The topological polar surface area (TPSA) is 66.9 Å². The second kappa shape index (κ2) is 8.64. The second-order valence-corrected chi connectivity index (χ2v) is 9.27. The molecule has 0 unspecified atom stereocenters. The maximum atomic E-state index is 13.5. The Morgan fingerprint density at radius 3 is 2.32 bits per heavy atom. The van der Waals surface area contributed by atoms with E-state index in [-0.39, 0.29) is 23.9 Å². The van der Waals surface area contributed by atoms with Crippen molar-refractivity contribution >= 4 is 26.7 Å². The lowest BCUT2D eigenvalue weighted by Gasteiger charge is -2.23. The summed E-state index contributed by atoms with van der Waals surface area (Å²) in [5.41, 5.74) is 0.388. The van der Waals surface area contributed by atoms with Crippen LogP contribution in [0.2, 0.25) is 0 Å². The van der Waals surface area contributed by atoms with Crippen LogP contribution < -0.4 is 4.74 Å². The molecule has 1 aliphatic rings. The first-order valence-electron chi connectivity index (χ1n) is 10.0. The molecule has 0 aromatic heterocycles. The number of nitrogens with zero attached hydrogens (tertiary/aromatic N) is 2. The third kappa shape index (κ3) is 4.13. The summed E-state index contributed by atoms with van der Waals surface area (Å²) >= 11 is 0. The van der Waals surface area contributed by atoms with Gasteiger partial charge < -0.3 is 9.64 Å². The van der Waals surface area contributed by atoms with Gasteiger partial charge in [0.2, 0.25) is 10.0 Å². The van der Waals surface area contributed by atoms with E-state index in [1.165, 1.54) is 28.6 Å². The number of hydrogen-bond acceptors (Lipinski definition) is 4. The number of sulfonamides is 1. The first-order valence-corrected chi connectivity index (χ1v) is 11.5. The van der Waals surface area contributed by atoms with Gasteiger partial charge in [-0.15, -0.1) is 0 Å². The fourth-order valence-electron chi connectivity index (χ4n) is 3.90. The maximum Gasteiger partial charge on any atom is 0.253 e. The Kier molecular flexibility index (Phi) is 5.93. The van der Waals surface area contributed by atoms with Gasteiger partial charge in [0, 0.05) is 42.5 Å². The summed E-state index contributed by atoms with van der Waals surface area (Å²) in [4.78, 5) is 14.6. The Hall–Kier alpha value is -2.97. The first kappa shape index (κ1) is 21.3. The van der Waals surface area contributed by atoms with Gasteiger partial charge in [-0.2, -0.15) is 4.31 Å². The third-order valence-corrected chi connectivity index (χ3v) is 7.47. The number of hydrogen-bond donors (Lipinski definition) is 0. The lowest BCUT2D eigenvalue weighted by atomic mass is 10.1. The van der Waals surface area contributed by atoms with Gasteiger partial charge in [0.25, 0.3) is 5.91 Å². The first-order chi connectivity index (χ1) is 14.9. The van der Waals surface area contributed by atoms with Crippen LogP contribution in [0.4, 0.5) is 4.39 Å². The SMILES string of the molecule is COc1ccc(S(=O)(=O)N2CCCN(C(=O)c3ccc(F)cc3)CC2)c2ccccc12. The smallest absolute Gasteiger partial charge is 0.253 e. The zero-order valence-corrected chi connectivity index (χ0v) is 17.9. The Morgan fingerprint density at radius 2 is 1.61 bits per heavy atom. The van der Waals surface area contributed by atoms with Crippen LogP contribution in [0.25, 0.3) is 10.8 Å². The van der Waals surface area contributed by atoms with Crippen LogP contribution in [0, 0.1) is 5.82 Å². The van der Waals surface area contributed by atoms with Crippen LogP contribution in [0.3, 0.4) is 0 Å². The zero-order valence-electron chi connectivity index (χ0n) is 17.1. The Morgan fingerprint density at radius 1 is 0.903 bits per heavy atom. The van der Waals surface area contributed by atoms with Crippen LogP contribution in [-0.2, 0) is 10.0 Å². The van der Waals surface area contributed by atoms with E-state index in [4.69, 9.17) is 4.74 Å². The maximum absolute atomic E-state index is 13.5. The lowest BCUT2D eigenvalue weighted by molar-refractivity contribution is 0.0764. The highest BCUT2D eigenvalue weighted by molar-refractivity contribution is 7.89. The van der Waals surface area contributed by atoms with Crippen LogP contribution in [0.15, 0.2) is 65.6 Å². The molecule has 1 saturated heterocycles. The van der Waals surface area contributed by atoms with E-state index in [1.54, 1.807) is 36.3 Å². The molecule has 0 radical (unpaired) electrons. The number of amides is 1. The summed E-state index contributed by atoms with van der Waals surface area (Å²) < 4.78 is 46.9. The Balaban J connectivity index is 1.59. The lowest BCUT2D eigenvalue weighted by Crippen LogP contribution is -2.37. The molecule has 0 N–H and O–H groups in total. The number of rotatable bonds is 4. The fraction of sp³-hybridized carbons (Fsp3) is 0.261. The number of fused-ring (bicyclic) bond motifs is 1. The van der Waals surface area contributed by atoms with Crippen LogP contribution >= 0.6 is 0 Å². The van der Waals surface area contributed by atoms with Crippen molar-refractivity contribution in [2.24, 2.45) is 0 Å². The molecule has 3 aromatic rings. The van der Waals surface area contributed by atoms with E-state index in [1.807, 2.05) is 12.1 Å². The minimum atomic E-state index is -3.77. The molecule has 6 nitrogen and oxygen atoms in total. The Labute approximate surface area is 180 Å². The van der Waals surface area contributed by atoms with E-state index in [9.17, 15) is 17.6 Å². The highest BCUT2D eigenvalue weighted by atomic mass is 32.2. The van der Waals surface area contributed by atoms with E-state index in [2.05, 4.69) is 0 Å². The molecule has 1 fully saturated rings. The van der Waals surface area contributed by atoms with E-state index in [0.29, 0.717) is 36.2 Å². The van der Waals surface area contributed by atoms with Crippen LogP contribution in [0.1, 0.15) is 16.8 Å². The van der Waals surface area contributed by atoms with Crippen molar-refractivity contribution in [3.63, 3.8) is 0 Å². The number of halogens is 1. The van der Waals surface area contributed by atoms with Gasteiger partial charge in [0.05, 0.1) is 12.0 Å². The van der Waals surface area contributed by atoms with Crippen molar-refractivity contribution in [2.75, 3.05) is 33.3 Å². The predicted octanol–water partition coefficient (Wildman–Crippen LogP) is 3.52. The predicted molar refractivity (Wildman–Crippen MR) is 116 cm³/mol. The summed E-state index contributed by atoms with van der Waals surface area (Å²) in [6.45, 7) is 1.21. The highest BCUT2D eigenvalue weighted by Gasteiger charge is 2.30. The summed E-state index contributed by atoms with van der Waals surface area (Å²) in [6, 6.07) is 15.9. The fourth-order valence-corrected chi connectivity index (χ4v) is 5.56. The molecule has 0 atom stereocenters. The molecular weight excluding hydrogens is 419 g/mol. The number of carbonyl (C=O) groups is 1. The van der Waals surface area contributed by atoms with Crippen LogP contribution in [0.5, 0.6) is 5.75 Å². The molecule has 0 spiro atoms. The normalized spacial score (nSPS) is 15.6. The van der Waals surface area contributed by atoms with Crippen molar-refractivity contribution in [3.8, 4) is 5.75 Å². The van der Waals surface area contributed by atoms with Gasteiger partial charge in [-0.05, 0) is 42.8 Å². The molecule has 0 saturated carbocycles.